The lowest BCUT2D eigenvalue weighted by Crippen LogP contribution is -2.01. The Morgan fingerprint density at radius 1 is 1.24 bits per heavy atom. The van der Waals surface area contributed by atoms with Crippen molar-refractivity contribution in [3.05, 3.63) is 29.8 Å². The van der Waals surface area contributed by atoms with Crippen molar-refractivity contribution in [3.63, 3.8) is 0 Å². The van der Waals surface area contributed by atoms with Crippen LogP contribution in [-0.2, 0) is 4.79 Å². The summed E-state index contributed by atoms with van der Waals surface area (Å²) in [4.78, 5) is 11.5. The lowest BCUT2D eigenvalue weighted by atomic mass is 10.1. The molecule has 0 radical (unpaired) electrons. The average molecular weight is 234 g/mol. The van der Waals surface area contributed by atoms with Crippen LogP contribution in [-0.4, -0.2) is 20.0 Å². The number of hydrogen-bond donors (Lipinski definition) is 0. The van der Waals surface area contributed by atoms with E-state index in [-0.39, 0.29) is 11.7 Å². The minimum Gasteiger partial charge on any atom is -0.497 e. The Hall–Kier alpha value is -1.77. The van der Waals surface area contributed by atoms with Crippen LogP contribution in [0.1, 0.15) is 19.4 Å². The van der Waals surface area contributed by atoms with Crippen LogP contribution in [0.3, 0.4) is 0 Å². The average Bonchev–Trinajstić information content (AvgIpc) is 2.35. The highest BCUT2D eigenvalue weighted by molar-refractivity contribution is 5.95. The Labute approximate surface area is 102 Å². The van der Waals surface area contributed by atoms with Crippen molar-refractivity contribution in [1.82, 2.24) is 0 Å². The van der Waals surface area contributed by atoms with Crippen LogP contribution in [0, 0.1) is 5.92 Å². The molecule has 0 spiro atoms. The van der Waals surface area contributed by atoms with Crippen LogP contribution in [0.5, 0.6) is 11.5 Å². The van der Waals surface area contributed by atoms with Gasteiger partial charge in [0.2, 0.25) is 0 Å². The Kier molecular flexibility index (Phi) is 4.76. The molecule has 17 heavy (non-hydrogen) atoms. The quantitative estimate of drug-likeness (QED) is 0.735. The van der Waals surface area contributed by atoms with Gasteiger partial charge in [-0.15, -0.1) is 0 Å². The van der Waals surface area contributed by atoms with E-state index >= 15 is 0 Å². The Bertz CT molecular complexity index is 419. The second-order valence-electron chi connectivity index (χ2n) is 4.00. The van der Waals surface area contributed by atoms with Crippen molar-refractivity contribution < 1.29 is 14.3 Å². The minimum absolute atomic E-state index is 0.00264. The van der Waals surface area contributed by atoms with Gasteiger partial charge >= 0.3 is 0 Å². The lowest BCUT2D eigenvalue weighted by molar-refractivity contribution is -0.117. The molecule has 0 aromatic heterocycles. The first-order valence-corrected chi connectivity index (χ1v) is 5.52. The number of hydrogen-bond acceptors (Lipinski definition) is 3. The molecule has 0 saturated carbocycles. The van der Waals surface area contributed by atoms with Crippen LogP contribution in [0.2, 0.25) is 0 Å². The normalized spacial score (nSPS) is 10.9. The SMILES string of the molecule is COc1ccc(OC)c(/C=C/C(=O)C(C)C)c1. The van der Waals surface area contributed by atoms with E-state index in [1.165, 1.54) is 0 Å². The predicted molar refractivity (Wildman–Crippen MR) is 68.4 cm³/mol. The largest absolute Gasteiger partial charge is 0.497 e. The monoisotopic (exact) mass is 234 g/mol. The van der Waals surface area contributed by atoms with E-state index in [9.17, 15) is 4.79 Å². The molecular formula is C14H18O3. The van der Waals surface area contributed by atoms with Crippen molar-refractivity contribution in [1.29, 1.82) is 0 Å². The van der Waals surface area contributed by atoms with Crippen LogP contribution >= 0.6 is 0 Å². The van der Waals surface area contributed by atoms with E-state index < -0.39 is 0 Å². The van der Waals surface area contributed by atoms with E-state index in [2.05, 4.69) is 0 Å². The van der Waals surface area contributed by atoms with Crippen LogP contribution in [0.4, 0.5) is 0 Å². The van der Waals surface area contributed by atoms with Crippen molar-refractivity contribution in [2.24, 2.45) is 5.92 Å². The fourth-order valence-electron chi connectivity index (χ4n) is 1.33. The van der Waals surface area contributed by atoms with Gasteiger partial charge < -0.3 is 9.47 Å². The first-order chi connectivity index (χ1) is 8.08. The molecule has 0 fully saturated rings. The maximum Gasteiger partial charge on any atom is 0.158 e. The summed E-state index contributed by atoms with van der Waals surface area (Å²) in [7, 11) is 3.21. The molecule has 0 amide bonds. The molecule has 1 aromatic carbocycles. The van der Waals surface area contributed by atoms with Crippen LogP contribution < -0.4 is 9.47 Å². The number of benzene rings is 1. The molecule has 3 heteroatoms. The molecule has 0 aliphatic heterocycles. The lowest BCUT2D eigenvalue weighted by Gasteiger charge is -2.07. The zero-order valence-corrected chi connectivity index (χ0v) is 10.7. The van der Waals surface area contributed by atoms with Crippen molar-refractivity contribution >= 4 is 11.9 Å². The predicted octanol–water partition coefficient (Wildman–Crippen LogP) is 2.94. The number of carbonyl (C=O) groups is 1. The van der Waals surface area contributed by atoms with Gasteiger partial charge in [-0.2, -0.15) is 0 Å². The zero-order valence-electron chi connectivity index (χ0n) is 10.7. The smallest absolute Gasteiger partial charge is 0.158 e. The van der Waals surface area contributed by atoms with Gasteiger partial charge in [0.25, 0.3) is 0 Å². The van der Waals surface area contributed by atoms with Gasteiger partial charge in [-0.05, 0) is 30.4 Å². The summed E-state index contributed by atoms with van der Waals surface area (Å²) in [6, 6.07) is 5.47. The third kappa shape index (κ3) is 3.63. The molecule has 0 unspecified atom stereocenters. The number of allylic oxidation sites excluding steroid dienone is 1. The molecule has 0 aliphatic rings. The van der Waals surface area contributed by atoms with Crippen molar-refractivity contribution in [3.8, 4) is 11.5 Å². The van der Waals surface area contributed by atoms with Crippen LogP contribution in [0.15, 0.2) is 24.3 Å². The summed E-state index contributed by atoms with van der Waals surface area (Å²) in [5.74, 6) is 1.55. The van der Waals surface area contributed by atoms with E-state index in [1.807, 2.05) is 32.0 Å². The van der Waals surface area contributed by atoms with E-state index in [1.54, 1.807) is 26.4 Å². The first-order valence-electron chi connectivity index (χ1n) is 5.52. The summed E-state index contributed by atoms with van der Waals surface area (Å²) in [5.41, 5.74) is 0.834. The fourth-order valence-corrected chi connectivity index (χ4v) is 1.33. The van der Waals surface area contributed by atoms with Crippen molar-refractivity contribution in [2.75, 3.05) is 14.2 Å². The number of carbonyl (C=O) groups excluding carboxylic acids is 1. The molecule has 0 aliphatic carbocycles. The maximum atomic E-state index is 11.5. The second-order valence-corrected chi connectivity index (χ2v) is 4.00. The first kappa shape index (κ1) is 13.3. The third-order valence-corrected chi connectivity index (χ3v) is 2.43. The molecular weight excluding hydrogens is 216 g/mol. The highest BCUT2D eigenvalue weighted by Gasteiger charge is 2.05. The summed E-state index contributed by atoms with van der Waals surface area (Å²) < 4.78 is 10.4. The molecule has 1 rings (SSSR count). The minimum atomic E-state index is 0.00264. The third-order valence-electron chi connectivity index (χ3n) is 2.43. The Morgan fingerprint density at radius 3 is 2.47 bits per heavy atom. The fraction of sp³-hybridized carbons (Fsp3) is 0.357. The summed E-state index contributed by atoms with van der Waals surface area (Å²) in [5, 5.41) is 0. The van der Waals surface area contributed by atoms with Crippen molar-refractivity contribution in [2.45, 2.75) is 13.8 Å². The molecule has 0 heterocycles. The maximum absolute atomic E-state index is 11.5. The van der Waals surface area contributed by atoms with Gasteiger partial charge in [-0.1, -0.05) is 13.8 Å². The molecule has 0 bridgehead atoms. The number of methoxy groups -OCH3 is 2. The highest BCUT2D eigenvalue weighted by Crippen LogP contribution is 2.25. The van der Waals surface area contributed by atoms with Gasteiger partial charge in [0.15, 0.2) is 5.78 Å². The standard InChI is InChI=1S/C14H18O3/c1-10(2)13(15)7-5-11-9-12(16-3)6-8-14(11)17-4/h5-10H,1-4H3/b7-5+. The molecule has 0 saturated heterocycles. The Balaban J connectivity index is 2.99. The number of ketones is 1. The molecule has 0 atom stereocenters. The van der Waals surface area contributed by atoms with Crippen LogP contribution in [0.25, 0.3) is 6.08 Å². The topological polar surface area (TPSA) is 35.5 Å². The summed E-state index contributed by atoms with van der Waals surface area (Å²) in [6.45, 7) is 3.74. The van der Waals surface area contributed by atoms with E-state index in [0.29, 0.717) is 0 Å². The Morgan fingerprint density at radius 2 is 1.94 bits per heavy atom. The van der Waals surface area contributed by atoms with E-state index in [4.69, 9.17) is 9.47 Å². The van der Waals surface area contributed by atoms with Gasteiger partial charge in [-0.25, -0.2) is 0 Å². The number of ether oxygens (including phenoxy) is 2. The highest BCUT2D eigenvalue weighted by atomic mass is 16.5. The summed E-state index contributed by atoms with van der Waals surface area (Å²) in [6.07, 6.45) is 3.33. The van der Waals surface area contributed by atoms with E-state index in [0.717, 1.165) is 17.1 Å². The van der Waals surface area contributed by atoms with Gasteiger partial charge in [0.05, 0.1) is 14.2 Å². The van der Waals surface area contributed by atoms with Gasteiger partial charge in [0.1, 0.15) is 11.5 Å². The second kappa shape index (κ2) is 6.09. The molecule has 92 valence electrons. The molecule has 3 nitrogen and oxygen atoms in total. The molecule has 1 aromatic rings. The number of rotatable bonds is 5. The zero-order chi connectivity index (χ0) is 12.8. The van der Waals surface area contributed by atoms with Gasteiger partial charge in [-0.3, -0.25) is 4.79 Å². The van der Waals surface area contributed by atoms with Gasteiger partial charge in [0, 0.05) is 11.5 Å². The molecule has 0 N–H and O–H groups in total. The summed E-state index contributed by atoms with van der Waals surface area (Å²) >= 11 is 0.